The smallest absolute Gasteiger partial charge is 0.187 e. The predicted molar refractivity (Wildman–Crippen MR) is 87.2 cm³/mol. The second kappa shape index (κ2) is 6.20. The topological polar surface area (TPSA) is 24.9 Å². The van der Waals surface area contributed by atoms with Crippen molar-refractivity contribution in [2.75, 3.05) is 5.32 Å². The van der Waals surface area contributed by atoms with Gasteiger partial charge >= 0.3 is 0 Å². The molecule has 1 N–H and O–H groups in total. The molecule has 22 heavy (non-hydrogen) atoms. The summed E-state index contributed by atoms with van der Waals surface area (Å²) in [4.78, 5) is 4.28. The number of hydrogen-bond acceptors (Lipinski definition) is 3. The van der Waals surface area contributed by atoms with Crippen LogP contribution in [0.25, 0.3) is 11.3 Å². The van der Waals surface area contributed by atoms with E-state index in [-0.39, 0.29) is 5.56 Å². The molecule has 2 nitrogen and oxygen atoms in total. The molecular formula is C15H8Cl2F2N2S. The van der Waals surface area contributed by atoms with Gasteiger partial charge in [-0.25, -0.2) is 13.8 Å². The number of nitrogens with zero attached hydrogens (tertiary/aromatic N) is 1. The molecule has 0 bridgehead atoms. The maximum absolute atomic E-state index is 13.8. The fourth-order valence-electron chi connectivity index (χ4n) is 1.87. The van der Waals surface area contributed by atoms with Crippen LogP contribution in [0.1, 0.15) is 0 Å². The summed E-state index contributed by atoms with van der Waals surface area (Å²) in [5.74, 6) is -1.28. The van der Waals surface area contributed by atoms with Gasteiger partial charge in [0, 0.05) is 17.0 Å². The lowest BCUT2D eigenvalue weighted by atomic mass is 10.1. The molecule has 3 aromatic rings. The average molecular weight is 357 g/mol. The molecule has 0 aliphatic rings. The van der Waals surface area contributed by atoms with Crippen LogP contribution in [0.4, 0.5) is 19.6 Å². The lowest BCUT2D eigenvalue weighted by Crippen LogP contribution is -1.91. The van der Waals surface area contributed by atoms with E-state index in [2.05, 4.69) is 10.3 Å². The minimum atomic E-state index is -0.655. The van der Waals surface area contributed by atoms with Gasteiger partial charge in [-0.15, -0.1) is 11.3 Å². The maximum atomic E-state index is 13.8. The average Bonchev–Trinajstić information content (AvgIpc) is 2.92. The molecule has 0 spiro atoms. The highest BCUT2D eigenvalue weighted by atomic mass is 35.5. The first-order valence-corrected chi connectivity index (χ1v) is 7.80. The van der Waals surface area contributed by atoms with Crippen molar-refractivity contribution >= 4 is 45.4 Å². The summed E-state index contributed by atoms with van der Waals surface area (Å²) in [6.07, 6.45) is 0. The number of thiazole rings is 1. The normalized spacial score (nSPS) is 10.7. The minimum absolute atomic E-state index is 0.239. The van der Waals surface area contributed by atoms with Crippen molar-refractivity contribution in [1.29, 1.82) is 0 Å². The first-order valence-electron chi connectivity index (χ1n) is 6.16. The molecular weight excluding hydrogens is 349 g/mol. The highest BCUT2D eigenvalue weighted by molar-refractivity contribution is 7.14. The molecule has 1 heterocycles. The van der Waals surface area contributed by atoms with Crippen LogP contribution in [0, 0.1) is 11.6 Å². The Bertz CT molecular complexity index is 836. The quantitative estimate of drug-likeness (QED) is 0.609. The van der Waals surface area contributed by atoms with Crippen molar-refractivity contribution in [2.45, 2.75) is 0 Å². The summed E-state index contributed by atoms with van der Waals surface area (Å²) in [5, 5.41) is 6.04. The molecule has 0 atom stereocenters. The molecule has 0 radical (unpaired) electrons. The van der Waals surface area contributed by atoms with Crippen LogP contribution in [0.15, 0.2) is 41.8 Å². The highest BCUT2D eigenvalue weighted by Crippen LogP contribution is 2.34. The van der Waals surface area contributed by atoms with Gasteiger partial charge in [-0.1, -0.05) is 29.3 Å². The van der Waals surface area contributed by atoms with Gasteiger partial charge in [0.1, 0.15) is 11.6 Å². The zero-order chi connectivity index (χ0) is 15.7. The van der Waals surface area contributed by atoms with Crippen molar-refractivity contribution in [3.8, 4) is 11.3 Å². The SMILES string of the molecule is Fc1ccc(-c2csc(Nc3cccc(Cl)c3Cl)n2)c(F)c1. The molecule has 0 aliphatic carbocycles. The van der Waals surface area contributed by atoms with E-state index in [1.54, 1.807) is 23.6 Å². The summed E-state index contributed by atoms with van der Waals surface area (Å²) in [6.45, 7) is 0. The number of hydrogen-bond donors (Lipinski definition) is 1. The Morgan fingerprint density at radius 2 is 1.91 bits per heavy atom. The Morgan fingerprint density at radius 1 is 1.09 bits per heavy atom. The Kier molecular flexibility index (Phi) is 4.29. The van der Waals surface area contributed by atoms with E-state index in [4.69, 9.17) is 23.2 Å². The number of benzene rings is 2. The Hall–Kier alpha value is -1.69. The largest absolute Gasteiger partial charge is 0.330 e. The summed E-state index contributed by atoms with van der Waals surface area (Å²) in [5.41, 5.74) is 1.26. The van der Waals surface area contributed by atoms with E-state index >= 15 is 0 Å². The third-order valence-electron chi connectivity index (χ3n) is 2.90. The van der Waals surface area contributed by atoms with E-state index in [0.29, 0.717) is 26.6 Å². The van der Waals surface area contributed by atoms with Crippen LogP contribution in [0.5, 0.6) is 0 Å². The van der Waals surface area contributed by atoms with Crippen molar-refractivity contribution in [2.24, 2.45) is 0 Å². The first-order chi connectivity index (χ1) is 10.5. The molecule has 0 amide bonds. The van der Waals surface area contributed by atoms with Crippen molar-refractivity contribution in [3.63, 3.8) is 0 Å². The number of rotatable bonds is 3. The number of aromatic nitrogens is 1. The standard InChI is InChI=1S/C15H8Cl2F2N2S/c16-10-2-1-3-12(14(10)17)20-15-21-13(7-22-15)9-5-4-8(18)6-11(9)19/h1-7H,(H,20,21). The van der Waals surface area contributed by atoms with Gasteiger partial charge < -0.3 is 5.32 Å². The van der Waals surface area contributed by atoms with Crippen LogP contribution >= 0.6 is 34.5 Å². The lowest BCUT2D eigenvalue weighted by Gasteiger charge is -2.06. The van der Waals surface area contributed by atoms with Crippen molar-refractivity contribution in [3.05, 3.63) is 63.5 Å². The summed E-state index contributed by atoms with van der Waals surface area (Å²) >= 11 is 13.3. The fraction of sp³-hybridized carbons (Fsp3) is 0. The van der Waals surface area contributed by atoms with E-state index < -0.39 is 11.6 Å². The van der Waals surface area contributed by atoms with Gasteiger partial charge in [0.2, 0.25) is 0 Å². The number of nitrogens with one attached hydrogen (secondary N) is 1. The van der Waals surface area contributed by atoms with Gasteiger partial charge in [0.15, 0.2) is 5.13 Å². The Morgan fingerprint density at radius 3 is 2.68 bits per heavy atom. The molecule has 7 heteroatoms. The Labute approximate surface area is 139 Å². The predicted octanol–water partition coefficient (Wildman–Crippen LogP) is 6.14. The van der Waals surface area contributed by atoms with Crippen LogP contribution in [0.2, 0.25) is 10.0 Å². The zero-order valence-corrected chi connectivity index (χ0v) is 13.2. The third kappa shape index (κ3) is 3.06. The first kappa shape index (κ1) is 15.2. The zero-order valence-electron chi connectivity index (χ0n) is 10.9. The van der Waals surface area contributed by atoms with Crippen LogP contribution in [-0.4, -0.2) is 4.98 Å². The van der Waals surface area contributed by atoms with Gasteiger partial charge in [-0.05, 0) is 24.3 Å². The maximum Gasteiger partial charge on any atom is 0.187 e. The molecule has 112 valence electrons. The van der Waals surface area contributed by atoms with E-state index in [1.807, 2.05) is 0 Å². The van der Waals surface area contributed by atoms with Gasteiger partial charge in [0.25, 0.3) is 0 Å². The number of halogens is 4. The molecule has 0 saturated heterocycles. The fourth-order valence-corrected chi connectivity index (χ4v) is 2.94. The van der Waals surface area contributed by atoms with Crippen molar-refractivity contribution < 1.29 is 8.78 Å². The van der Waals surface area contributed by atoms with Gasteiger partial charge in [0.05, 0.1) is 21.4 Å². The van der Waals surface area contributed by atoms with E-state index in [1.165, 1.54) is 23.5 Å². The summed E-state index contributed by atoms with van der Waals surface area (Å²) < 4.78 is 26.7. The van der Waals surface area contributed by atoms with Crippen molar-refractivity contribution in [1.82, 2.24) is 4.98 Å². The lowest BCUT2D eigenvalue weighted by molar-refractivity contribution is 0.585. The van der Waals surface area contributed by atoms with Crippen LogP contribution < -0.4 is 5.32 Å². The molecule has 0 saturated carbocycles. The van der Waals surface area contributed by atoms with E-state index in [9.17, 15) is 8.78 Å². The summed E-state index contributed by atoms with van der Waals surface area (Å²) in [6, 6.07) is 8.57. The Balaban J connectivity index is 1.89. The molecule has 2 aromatic carbocycles. The minimum Gasteiger partial charge on any atom is -0.330 e. The second-order valence-electron chi connectivity index (χ2n) is 4.39. The molecule has 1 aromatic heterocycles. The van der Waals surface area contributed by atoms with Crippen LogP contribution in [-0.2, 0) is 0 Å². The second-order valence-corrected chi connectivity index (χ2v) is 6.03. The molecule has 3 rings (SSSR count). The summed E-state index contributed by atoms with van der Waals surface area (Å²) in [7, 11) is 0. The molecule has 0 unspecified atom stereocenters. The molecule has 0 fully saturated rings. The molecule has 0 aliphatic heterocycles. The van der Waals surface area contributed by atoms with Crippen LogP contribution in [0.3, 0.4) is 0 Å². The highest BCUT2D eigenvalue weighted by Gasteiger charge is 2.12. The monoisotopic (exact) mass is 356 g/mol. The third-order valence-corrected chi connectivity index (χ3v) is 4.48. The van der Waals surface area contributed by atoms with E-state index in [0.717, 1.165) is 6.07 Å². The van der Waals surface area contributed by atoms with Gasteiger partial charge in [-0.3, -0.25) is 0 Å². The van der Waals surface area contributed by atoms with Gasteiger partial charge in [-0.2, -0.15) is 0 Å². The number of anilines is 2.